The minimum atomic E-state index is -3.27. The largest absolute Gasteiger partial charge is 0.346 e. The minimum Gasteiger partial charge on any atom is -0.346 e. The summed E-state index contributed by atoms with van der Waals surface area (Å²) in [5.41, 5.74) is 0. The summed E-state index contributed by atoms with van der Waals surface area (Å²) < 4.78 is 24.7. The van der Waals surface area contributed by atoms with Gasteiger partial charge in [-0.1, -0.05) is 0 Å². The number of rotatable bonds is 4. The molecule has 0 aromatic heterocycles. The van der Waals surface area contributed by atoms with Crippen molar-refractivity contribution in [1.82, 2.24) is 20.3 Å². The van der Waals surface area contributed by atoms with Crippen molar-refractivity contribution in [2.45, 2.75) is 50.7 Å². The number of hydrogen-bond donors (Lipinski definition) is 3. The molecule has 132 valence electrons. The second kappa shape index (κ2) is 7.59. The zero-order valence-electron chi connectivity index (χ0n) is 13.7. The quantitative estimate of drug-likeness (QED) is 0.553. The molecular weight excluding hydrogens is 320 g/mol. The number of nitrogens with zero attached hydrogens (tertiary/aromatic N) is 1. The molecule has 23 heavy (non-hydrogen) atoms. The highest BCUT2D eigenvalue weighted by Gasteiger charge is 2.32. The molecule has 0 aromatic rings. The molecule has 8 nitrogen and oxygen atoms in total. The van der Waals surface area contributed by atoms with Crippen LogP contribution < -0.4 is 16.0 Å². The highest BCUT2D eigenvalue weighted by atomic mass is 32.2. The number of hydrogen-bond acceptors (Lipinski definition) is 5. The van der Waals surface area contributed by atoms with Gasteiger partial charge < -0.3 is 16.0 Å². The first-order chi connectivity index (χ1) is 10.8. The van der Waals surface area contributed by atoms with Crippen molar-refractivity contribution in [2.24, 2.45) is 0 Å². The summed E-state index contributed by atoms with van der Waals surface area (Å²) in [5.74, 6) is -1.36. The highest BCUT2D eigenvalue weighted by molar-refractivity contribution is 7.88. The van der Waals surface area contributed by atoms with Crippen LogP contribution in [-0.2, 0) is 19.6 Å². The smallest absolute Gasteiger partial charge is 0.309 e. The Morgan fingerprint density at radius 1 is 1.22 bits per heavy atom. The van der Waals surface area contributed by atoms with Crippen molar-refractivity contribution >= 4 is 21.8 Å². The number of piperidine rings is 1. The first-order valence-corrected chi connectivity index (χ1v) is 9.91. The third-order valence-electron chi connectivity index (χ3n) is 4.45. The Morgan fingerprint density at radius 3 is 2.57 bits per heavy atom. The molecule has 2 fully saturated rings. The summed E-state index contributed by atoms with van der Waals surface area (Å²) in [5, 5.41) is 8.51. The van der Waals surface area contributed by atoms with Crippen LogP contribution in [0.4, 0.5) is 0 Å². The van der Waals surface area contributed by atoms with Gasteiger partial charge in [-0.15, -0.1) is 0 Å². The monoisotopic (exact) mass is 346 g/mol. The summed E-state index contributed by atoms with van der Waals surface area (Å²) in [7, 11) is -3.27. The fourth-order valence-electron chi connectivity index (χ4n) is 3.11. The third-order valence-corrected chi connectivity index (χ3v) is 5.78. The molecule has 2 amide bonds. The number of amides is 2. The van der Waals surface area contributed by atoms with Gasteiger partial charge in [-0.3, -0.25) is 9.59 Å². The van der Waals surface area contributed by atoms with Crippen LogP contribution in [0.2, 0.25) is 0 Å². The van der Waals surface area contributed by atoms with E-state index < -0.39 is 21.8 Å². The van der Waals surface area contributed by atoms with E-state index in [1.807, 2.05) is 0 Å². The first kappa shape index (κ1) is 18.2. The van der Waals surface area contributed by atoms with Crippen LogP contribution in [0.15, 0.2) is 0 Å². The van der Waals surface area contributed by atoms with Crippen molar-refractivity contribution in [3.63, 3.8) is 0 Å². The molecule has 3 atom stereocenters. The Morgan fingerprint density at radius 2 is 1.96 bits per heavy atom. The normalized spacial score (nSPS) is 29.2. The lowest BCUT2D eigenvalue weighted by molar-refractivity contribution is -0.139. The molecule has 0 saturated carbocycles. The second-order valence-corrected chi connectivity index (χ2v) is 8.37. The van der Waals surface area contributed by atoms with Crippen molar-refractivity contribution < 1.29 is 18.0 Å². The maximum atomic E-state index is 11.9. The van der Waals surface area contributed by atoms with Crippen LogP contribution in [0.1, 0.15) is 32.6 Å². The molecule has 0 aromatic carbocycles. The van der Waals surface area contributed by atoms with E-state index in [4.69, 9.17) is 0 Å². The van der Waals surface area contributed by atoms with Crippen LogP contribution in [-0.4, -0.2) is 68.6 Å². The number of sulfonamides is 1. The van der Waals surface area contributed by atoms with Crippen molar-refractivity contribution in [3.05, 3.63) is 0 Å². The van der Waals surface area contributed by atoms with E-state index in [1.165, 1.54) is 4.31 Å². The summed E-state index contributed by atoms with van der Waals surface area (Å²) in [6, 6.07) is 0.128. The minimum absolute atomic E-state index is 0.0385. The fraction of sp³-hybridized carbons (Fsp3) is 0.857. The molecule has 0 bridgehead atoms. The third kappa shape index (κ3) is 5.15. The Labute approximate surface area is 137 Å². The van der Waals surface area contributed by atoms with Crippen LogP contribution in [0.25, 0.3) is 0 Å². The van der Waals surface area contributed by atoms with Gasteiger partial charge in [0.1, 0.15) is 0 Å². The molecular formula is C14H26N4O4S. The second-order valence-electron chi connectivity index (χ2n) is 6.44. The summed E-state index contributed by atoms with van der Waals surface area (Å²) in [6.07, 6.45) is 4.43. The molecule has 0 spiro atoms. The molecule has 2 heterocycles. The number of carbonyl (C=O) groups excluding carboxylic acids is 2. The van der Waals surface area contributed by atoms with E-state index >= 15 is 0 Å². The predicted molar refractivity (Wildman–Crippen MR) is 86.2 cm³/mol. The van der Waals surface area contributed by atoms with E-state index in [0.29, 0.717) is 25.6 Å². The molecule has 0 radical (unpaired) electrons. The van der Waals surface area contributed by atoms with Crippen molar-refractivity contribution in [1.29, 1.82) is 0 Å². The zero-order valence-corrected chi connectivity index (χ0v) is 14.5. The molecule has 0 aliphatic carbocycles. The van der Waals surface area contributed by atoms with E-state index in [2.05, 4.69) is 22.9 Å². The maximum Gasteiger partial charge on any atom is 0.309 e. The van der Waals surface area contributed by atoms with E-state index in [9.17, 15) is 18.0 Å². The maximum absolute atomic E-state index is 11.9. The van der Waals surface area contributed by atoms with Crippen LogP contribution in [0.3, 0.4) is 0 Å². The number of nitrogens with one attached hydrogen (secondary N) is 3. The van der Waals surface area contributed by atoms with Crippen LogP contribution >= 0.6 is 0 Å². The topological polar surface area (TPSA) is 108 Å². The highest BCUT2D eigenvalue weighted by Crippen LogP contribution is 2.19. The van der Waals surface area contributed by atoms with Crippen molar-refractivity contribution in [3.8, 4) is 0 Å². The average molecular weight is 346 g/mol. The van der Waals surface area contributed by atoms with E-state index in [0.717, 1.165) is 25.5 Å². The van der Waals surface area contributed by atoms with Crippen molar-refractivity contribution in [2.75, 3.05) is 25.9 Å². The Balaban J connectivity index is 1.77. The Kier molecular flexibility index (Phi) is 5.99. The average Bonchev–Trinajstić information content (AvgIpc) is 2.95. The predicted octanol–water partition coefficient (Wildman–Crippen LogP) is -1.22. The van der Waals surface area contributed by atoms with Gasteiger partial charge in [0.05, 0.1) is 6.26 Å². The van der Waals surface area contributed by atoms with Gasteiger partial charge in [0.2, 0.25) is 10.0 Å². The summed E-state index contributed by atoms with van der Waals surface area (Å²) >= 11 is 0. The fourth-order valence-corrected chi connectivity index (χ4v) is 4.30. The summed E-state index contributed by atoms with van der Waals surface area (Å²) in [4.78, 5) is 23.8. The lowest BCUT2D eigenvalue weighted by atomic mass is 10.0. The molecule has 9 heteroatoms. The van der Waals surface area contributed by atoms with Crippen LogP contribution in [0, 0.1) is 0 Å². The van der Waals surface area contributed by atoms with Gasteiger partial charge in [-0.05, 0) is 32.6 Å². The Bertz CT molecular complexity index is 543. The molecule has 2 saturated heterocycles. The van der Waals surface area contributed by atoms with E-state index in [1.54, 1.807) is 0 Å². The van der Waals surface area contributed by atoms with E-state index in [-0.39, 0.29) is 18.6 Å². The molecule has 2 aliphatic heterocycles. The first-order valence-electron chi connectivity index (χ1n) is 8.06. The number of carbonyl (C=O) groups is 2. The van der Waals surface area contributed by atoms with Gasteiger partial charge in [0.25, 0.3) is 0 Å². The van der Waals surface area contributed by atoms with Gasteiger partial charge >= 0.3 is 11.8 Å². The Hall–Kier alpha value is -1.19. The standard InChI is InChI=1S/C14H26N4O4S/c1-10-5-6-11(8-15-10)17-14(20)13(19)16-9-12-4-3-7-18(12)23(2,21)22/h10-12,15H,3-9H2,1-2H3,(H,16,19)(H,17,20)/t10?,11?,12-/m1/s1. The van der Waals surface area contributed by atoms with Gasteiger partial charge in [0, 0.05) is 37.8 Å². The van der Waals surface area contributed by atoms with Gasteiger partial charge in [-0.25, -0.2) is 8.42 Å². The van der Waals surface area contributed by atoms with Gasteiger partial charge in [0.15, 0.2) is 0 Å². The van der Waals surface area contributed by atoms with Gasteiger partial charge in [-0.2, -0.15) is 4.31 Å². The molecule has 2 unspecified atom stereocenters. The SMILES string of the molecule is CC1CCC(NC(=O)C(=O)NC[C@H]2CCCN2S(C)(=O)=O)CN1. The van der Waals surface area contributed by atoms with Crippen LogP contribution in [0.5, 0.6) is 0 Å². The molecule has 2 aliphatic rings. The lowest BCUT2D eigenvalue weighted by Crippen LogP contribution is -2.53. The summed E-state index contributed by atoms with van der Waals surface area (Å²) in [6.45, 7) is 3.38. The molecule has 3 N–H and O–H groups in total. The zero-order chi connectivity index (χ0) is 17.0. The lowest BCUT2D eigenvalue weighted by Gasteiger charge is -2.28. The molecule has 2 rings (SSSR count).